The molecule has 0 radical (unpaired) electrons. The third kappa shape index (κ3) is 4.29. The molecule has 0 saturated carbocycles. The van der Waals surface area contributed by atoms with Crippen LogP contribution in [0.3, 0.4) is 0 Å². The first kappa shape index (κ1) is 16.8. The molecule has 130 valence electrons. The van der Waals surface area contributed by atoms with Crippen molar-refractivity contribution in [3.8, 4) is 11.5 Å². The van der Waals surface area contributed by atoms with Gasteiger partial charge in [-0.05, 0) is 42.3 Å². The van der Waals surface area contributed by atoms with E-state index in [1.807, 2.05) is 24.3 Å². The number of carbonyl (C=O) groups excluding carboxylic acids is 2. The second-order valence-corrected chi connectivity index (χ2v) is 5.72. The molecule has 1 aliphatic heterocycles. The number of methoxy groups -OCH3 is 1. The van der Waals surface area contributed by atoms with Gasteiger partial charge in [-0.25, -0.2) is 0 Å². The van der Waals surface area contributed by atoms with E-state index in [1.54, 1.807) is 25.3 Å². The van der Waals surface area contributed by atoms with E-state index in [2.05, 4.69) is 10.6 Å². The van der Waals surface area contributed by atoms with Crippen molar-refractivity contribution in [3.05, 3.63) is 53.6 Å². The van der Waals surface area contributed by atoms with Crippen LogP contribution in [0.2, 0.25) is 0 Å². The smallest absolute Gasteiger partial charge is 0.251 e. The van der Waals surface area contributed by atoms with E-state index in [4.69, 9.17) is 9.47 Å². The highest BCUT2D eigenvalue weighted by Gasteiger charge is 2.16. The molecule has 3 rings (SSSR count). The fourth-order valence-electron chi connectivity index (χ4n) is 2.61. The Kier molecular flexibility index (Phi) is 5.18. The van der Waals surface area contributed by atoms with Gasteiger partial charge in [-0.2, -0.15) is 0 Å². The zero-order valence-corrected chi connectivity index (χ0v) is 14.0. The summed E-state index contributed by atoms with van der Waals surface area (Å²) in [6.45, 7) is 0.844. The molecule has 2 N–H and O–H groups in total. The van der Waals surface area contributed by atoms with Crippen molar-refractivity contribution in [2.45, 2.75) is 12.8 Å². The van der Waals surface area contributed by atoms with Gasteiger partial charge >= 0.3 is 0 Å². The Morgan fingerprint density at radius 3 is 3.00 bits per heavy atom. The summed E-state index contributed by atoms with van der Waals surface area (Å²) < 4.78 is 10.7. The molecule has 0 aromatic heterocycles. The maximum atomic E-state index is 12.3. The van der Waals surface area contributed by atoms with E-state index in [9.17, 15) is 9.59 Å². The average molecular weight is 340 g/mol. The number of benzene rings is 2. The zero-order valence-electron chi connectivity index (χ0n) is 14.0. The summed E-state index contributed by atoms with van der Waals surface area (Å²) in [6, 6.07) is 12.8. The molecule has 25 heavy (non-hydrogen) atoms. The number of rotatable bonds is 5. The van der Waals surface area contributed by atoms with E-state index in [0.717, 1.165) is 11.3 Å². The van der Waals surface area contributed by atoms with Gasteiger partial charge in [0.15, 0.2) is 0 Å². The van der Waals surface area contributed by atoms with Crippen LogP contribution >= 0.6 is 0 Å². The van der Waals surface area contributed by atoms with Crippen LogP contribution in [0.15, 0.2) is 42.5 Å². The largest absolute Gasteiger partial charge is 0.497 e. The third-order valence-electron chi connectivity index (χ3n) is 3.94. The predicted molar refractivity (Wildman–Crippen MR) is 94.2 cm³/mol. The highest BCUT2D eigenvalue weighted by atomic mass is 16.5. The molecule has 2 amide bonds. The Hall–Kier alpha value is -3.02. The fourth-order valence-corrected chi connectivity index (χ4v) is 2.61. The summed E-state index contributed by atoms with van der Waals surface area (Å²) in [7, 11) is 1.63. The molecule has 0 bridgehead atoms. The summed E-state index contributed by atoms with van der Waals surface area (Å²) >= 11 is 0. The monoisotopic (exact) mass is 340 g/mol. The maximum Gasteiger partial charge on any atom is 0.251 e. The molecule has 0 fully saturated rings. The van der Waals surface area contributed by atoms with Crippen molar-refractivity contribution >= 4 is 17.5 Å². The lowest BCUT2D eigenvalue weighted by atomic mass is 10.1. The molecular formula is C19H20N2O4. The van der Waals surface area contributed by atoms with E-state index >= 15 is 0 Å². The fraction of sp³-hybridized carbons (Fsp3) is 0.263. The summed E-state index contributed by atoms with van der Waals surface area (Å²) in [4.78, 5) is 23.9. The van der Waals surface area contributed by atoms with Gasteiger partial charge in [-0.3, -0.25) is 9.59 Å². The number of amides is 2. The van der Waals surface area contributed by atoms with Crippen LogP contribution in [-0.2, 0) is 11.2 Å². The molecule has 1 heterocycles. The SMILES string of the molecule is COc1cccc(CCNC(=O)c2ccc3c(c2)NC(=O)CCO3)c1. The lowest BCUT2D eigenvalue weighted by Crippen LogP contribution is -2.25. The van der Waals surface area contributed by atoms with Crippen LogP contribution in [0, 0.1) is 0 Å². The Morgan fingerprint density at radius 2 is 2.16 bits per heavy atom. The molecule has 6 nitrogen and oxygen atoms in total. The van der Waals surface area contributed by atoms with Crippen molar-refractivity contribution in [3.63, 3.8) is 0 Å². The first-order valence-electron chi connectivity index (χ1n) is 8.13. The minimum atomic E-state index is -0.191. The van der Waals surface area contributed by atoms with Crippen molar-refractivity contribution in [2.24, 2.45) is 0 Å². The van der Waals surface area contributed by atoms with Gasteiger partial charge in [0.25, 0.3) is 5.91 Å². The Balaban J connectivity index is 1.60. The number of hydrogen-bond acceptors (Lipinski definition) is 4. The molecule has 2 aromatic rings. The van der Waals surface area contributed by atoms with E-state index in [-0.39, 0.29) is 11.8 Å². The number of nitrogens with one attached hydrogen (secondary N) is 2. The van der Waals surface area contributed by atoms with Gasteiger partial charge in [-0.15, -0.1) is 0 Å². The van der Waals surface area contributed by atoms with Crippen LogP contribution in [0.5, 0.6) is 11.5 Å². The third-order valence-corrected chi connectivity index (χ3v) is 3.94. The summed E-state index contributed by atoms with van der Waals surface area (Å²) in [6.07, 6.45) is 1.00. The molecular weight excluding hydrogens is 320 g/mol. The first-order valence-corrected chi connectivity index (χ1v) is 8.13. The summed E-state index contributed by atoms with van der Waals surface area (Å²) in [5.41, 5.74) is 2.10. The molecule has 1 aliphatic rings. The number of hydrogen-bond donors (Lipinski definition) is 2. The van der Waals surface area contributed by atoms with Gasteiger partial charge in [0, 0.05) is 12.1 Å². The molecule has 0 saturated heterocycles. The van der Waals surface area contributed by atoms with Gasteiger partial charge in [0.05, 0.1) is 25.8 Å². The molecule has 6 heteroatoms. The molecule has 0 atom stereocenters. The lowest BCUT2D eigenvalue weighted by molar-refractivity contribution is -0.116. The Labute approximate surface area is 146 Å². The number of ether oxygens (including phenoxy) is 2. The Bertz CT molecular complexity index is 789. The summed E-state index contributed by atoms with van der Waals surface area (Å²) in [5.74, 6) is 1.07. The van der Waals surface area contributed by atoms with Crippen LogP contribution in [0.25, 0.3) is 0 Å². The number of fused-ring (bicyclic) bond motifs is 1. The Morgan fingerprint density at radius 1 is 1.28 bits per heavy atom. The van der Waals surface area contributed by atoms with E-state index in [0.29, 0.717) is 43.0 Å². The van der Waals surface area contributed by atoms with Crippen LogP contribution in [0.1, 0.15) is 22.3 Å². The second-order valence-electron chi connectivity index (χ2n) is 5.72. The molecule has 0 unspecified atom stereocenters. The second kappa shape index (κ2) is 7.70. The van der Waals surface area contributed by atoms with Crippen LogP contribution < -0.4 is 20.1 Å². The quantitative estimate of drug-likeness (QED) is 0.876. The first-order chi connectivity index (χ1) is 12.2. The van der Waals surface area contributed by atoms with Crippen molar-refractivity contribution < 1.29 is 19.1 Å². The highest BCUT2D eigenvalue weighted by Crippen LogP contribution is 2.28. The van der Waals surface area contributed by atoms with Gasteiger partial charge in [0.1, 0.15) is 11.5 Å². The van der Waals surface area contributed by atoms with Gasteiger partial charge < -0.3 is 20.1 Å². The highest BCUT2D eigenvalue weighted by molar-refractivity contribution is 5.98. The summed E-state index contributed by atoms with van der Waals surface area (Å²) in [5, 5.41) is 5.64. The zero-order chi connectivity index (χ0) is 17.6. The van der Waals surface area contributed by atoms with E-state index < -0.39 is 0 Å². The van der Waals surface area contributed by atoms with Gasteiger partial charge in [0.2, 0.25) is 5.91 Å². The van der Waals surface area contributed by atoms with Crippen molar-refractivity contribution in [1.29, 1.82) is 0 Å². The van der Waals surface area contributed by atoms with Crippen molar-refractivity contribution in [1.82, 2.24) is 5.32 Å². The maximum absolute atomic E-state index is 12.3. The van der Waals surface area contributed by atoms with Gasteiger partial charge in [-0.1, -0.05) is 12.1 Å². The number of anilines is 1. The minimum Gasteiger partial charge on any atom is -0.497 e. The topological polar surface area (TPSA) is 76.7 Å². The minimum absolute atomic E-state index is 0.116. The molecule has 0 spiro atoms. The molecule has 2 aromatic carbocycles. The van der Waals surface area contributed by atoms with Crippen LogP contribution in [0.4, 0.5) is 5.69 Å². The normalized spacial score (nSPS) is 13.1. The van der Waals surface area contributed by atoms with Crippen molar-refractivity contribution in [2.75, 3.05) is 25.6 Å². The number of carbonyl (C=O) groups is 2. The average Bonchev–Trinajstić information content (AvgIpc) is 2.81. The lowest BCUT2D eigenvalue weighted by Gasteiger charge is -2.10. The molecule has 0 aliphatic carbocycles. The van der Waals surface area contributed by atoms with Crippen LogP contribution in [-0.4, -0.2) is 32.1 Å². The predicted octanol–water partition coefficient (Wildman–Crippen LogP) is 2.39. The van der Waals surface area contributed by atoms with E-state index in [1.165, 1.54) is 0 Å². The standard InChI is InChI=1S/C19H20N2O4/c1-24-15-4-2-3-13(11-15)7-9-20-19(23)14-5-6-17-16(12-14)21-18(22)8-10-25-17/h2-6,11-12H,7-10H2,1H3,(H,20,23)(H,21,22).